The second kappa shape index (κ2) is 5.13. The van der Waals surface area contributed by atoms with Crippen molar-refractivity contribution in [2.75, 3.05) is 17.7 Å². The highest BCUT2D eigenvalue weighted by atomic mass is 79.9. The fraction of sp³-hybridized carbons (Fsp3) is 0.417. The van der Waals surface area contributed by atoms with Gasteiger partial charge in [0.15, 0.2) is 9.84 Å². The van der Waals surface area contributed by atoms with E-state index in [1.807, 2.05) is 4.90 Å². The Morgan fingerprint density at radius 1 is 1.53 bits per heavy atom. The molecule has 0 spiro atoms. The van der Waals surface area contributed by atoms with Gasteiger partial charge in [0.1, 0.15) is 0 Å². The molecule has 0 fully saturated rings. The fourth-order valence-corrected chi connectivity index (χ4v) is 4.67. The molecule has 1 atom stereocenters. The van der Waals surface area contributed by atoms with Crippen molar-refractivity contribution >= 4 is 37.4 Å². The van der Waals surface area contributed by atoms with Gasteiger partial charge in [-0.1, -0.05) is 15.9 Å². The van der Waals surface area contributed by atoms with Gasteiger partial charge >= 0.3 is 5.97 Å². The Morgan fingerprint density at radius 2 is 2.21 bits per heavy atom. The largest absolute Gasteiger partial charge is 0.481 e. The van der Waals surface area contributed by atoms with Gasteiger partial charge in [-0.2, -0.15) is 0 Å². The summed E-state index contributed by atoms with van der Waals surface area (Å²) in [4.78, 5) is 12.8. The van der Waals surface area contributed by atoms with Crippen molar-refractivity contribution in [1.29, 1.82) is 0 Å². The third-order valence-corrected chi connectivity index (χ3v) is 5.60. The molecule has 1 aromatic rings. The van der Waals surface area contributed by atoms with Gasteiger partial charge in [0.25, 0.3) is 0 Å². The van der Waals surface area contributed by atoms with Crippen LogP contribution in [0.2, 0.25) is 0 Å². The normalized spacial score (nSPS) is 20.9. The number of carboxylic acid groups (broad SMARTS) is 1. The maximum Gasteiger partial charge on any atom is 0.303 e. The first kappa shape index (κ1) is 14.3. The minimum atomic E-state index is -3.36. The molecule has 0 saturated heterocycles. The highest BCUT2D eigenvalue weighted by molar-refractivity contribution is 9.10. The molecule has 19 heavy (non-hydrogen) atoms. The number of carboxylic acids is 1. The van der Waals surface area contributed by atoms with E-state index in [9.17, 15) is 13.2 Å². The number of nitrogens with zero attached hydrogens (tertiary/aromatic N) is 1. The number of rotatable bonds is 3. The predicted molar refractivity (Wildman–Crippen MR) is 75.3 cm³/mol. The van der Waals surface area contributed by atoms with Crippen molar-refractivity contribution < 1.29 is 18.3 Å². The Kier molecular flexibility index (Phi) is 3.87. The Hall–Kier alpha value is -1.08. The molecule has 0 bridgehead atoms. The van der Waals surface area contributed by atoms with Crippen LogP contribution in [0.25, 0.3) is 0 Å². The quantitative estimate of drug-likeness (QED) is 0.903. The summed E-state index contributed by atoms with van der Waals surface area (Å²) in [6.07, 6.45) is 0.289. The van der Waals surface area contributed by atoms with Crippen LogP contribution in [-0.2, 0) is 14.6 Å². The van der Waals surface area contributed by atoms with Crippen molar-refractivity contribution in [1.82, 2.24) is 0 Å². The molecule has 0 aliphatic carbocycles. The zero-order chi connectivity index (χ0) is 14.2. The number of sulfone groups is 1. The third-order valence-electron chi connectivity index (χ3n) is 3.29. The van der Waals surface area contributed by atoms with Crippen molar-refractivity contribution in [2.45, 2.75) is 23.8 Å². The van der Waals surface area contributed by atoms with E-state index in [4.69, 9.17) is 5.11 Å². The smallest absolute Gasteiger partial charge is 0.303 e. The Bertz CT molecular complexity index is 614. The number of carbonyl (C=O) groups is 1. The second-order valence-electron chi connectivity index (χ2n) is 4.59. The number of hydrogen-bond donors (Lipinski definition) is 1. The monoisotopic (exact) mass is 347 g/mol. The molecule has 7 heteroatoms. The molecule has 1 unspecified atom stereocenters. The van der Waals surface area contributed by atoms with Crippen LogP contribution in [0, 0.1) is 0 Å². The summed E-state index contributed by atoms with van der Waals surface area (Å²) in [7, 11) is -1.56. The maximum atomic E-state index is 12.2. The van der Waals surface area contributed by atoms with E-state index in [2.05, 4.69) is 15.9 Å². The molecule has 2 rings (SSSR count). The van der Waals surface area contributed by atoms with Crippen LogP contribution in [0.1, 0.15) is 12.8 Å². The topological polar surface area (TPSA) is 74.7 Å². The SMILES string of the molecule is CN1c2ccc(Br)cc2S(=O)(=O)CC1CCC(=O)O. The van der Waals surface area contributed by atoms with Crippen LogP contribution in [0.5, 0.6) is 0 Å². The number of halogens is 1. The Labute approximate surface area is 120 Å². The second-order valence-corrected chi connectivity index (χ2v) is 7.51. The molecule has 1 aliphatic heterocycles. The molecular weight excluding hydrogens is 334 g/mol. The summed E-state index contributed by atoms with van der Waals surface area (Å²) < 4.78 is 25.2. The van der Waals surface area contributed by atoms with Crippen molar-refractivity contribution in [3.8, 4) is 0 Å². The molecule has 0 aromatic heterocycles. The van der Waals surface area contributed by atoms with Gasteiger partial charge in [0, 0.05) is 24.0 Å². The summed E-state index contributed by atoms with van der Waals surface area (Å²) in [6.45, 7) is 0. The van der Waals surface area contributed by atoms with E-state index in [-0.39, 0.29) is 18.2 Å². The number of aliphatic carboxylic acids is 1. The lowest BCUT2D eigenvalue weighted by molar-refractivity contribution is -0.137. The molecule has 0 saturated carbocycles. The maximum absolute atomic E-state index is 12.2. The summed E-state index contributed by atoms with van der Waals surface area (Å²) >= 11 is 3.27. The van der Waals surface area contributed by atoms with E-state index in [0.29, 0.717) is 21.5 Å². The van der Waals surface area contributed by atoms with Gasteiger partial charge in [0.05, 0.1) is 16.3 Å². The molecule has 1 N–H and O–H groups in total. The van der Waals surface area contributed by atoms with E-state index >= 15 is 0 Å². The molecule has 1 aliphatic rings. The van der Waals surface area contributed by atoms with Crippen molar-refractivity contribution in [3.63, 3.8) is 0 Å². The lowest BCUT2D eigenvalue weighted by atomic mass is 10.1. The Balaban J connectivity index is 2.38. The third kappa shape index (κ3) is 2.92. The first-order chi connectivity index (χ1) is 8.81. The molecule has 0 radical (unpaired) electrons. The van der Waals surface area contributed by atoms with Crippen LogP contribution < -0.4 is 4.90 Å². The van der Waals surface area contributed by atoms with Crippen LogP contribution >= 0.6 is 15.9 Å². The van der Waals surface area contributed by atoms with Crippen molar-refractivity contribution in [3.05, 3.63) is 22.7 Å². The summed E-state index contributed by atoms with van der Waals surface area (Å²) in [5.41, 5.74) is 0.629. The first-order valence-corrected chi connectivity index (χ1v) is 8.23. The van der Waals surface area contributed by atoms with E-state index < -0.39 is 15.8 Å². The van der Waals surface area contributed by atoms with Gasteiger partial charge in [-0.3, -0.25) is 4.79 Å². The first-order valence-electron chi connectivity index (χ1n) is 5.78. The number of fused-ring (bicyclic) bond motifs is 1. The van der Waals surface area contributed by atoms with E-state index in [1.165, 1.54) is 0 Å². The summed E-state index contributed by atoms with van der Waals surface area (Å²) in [5, 5.41) is 8.72. The van der Waals surface area contributed by atoms with Gasteiger partial charge in [-0.05, 0) is 24.6 Å². The summed E-state index contributed by atoms with van der Waals surface area (Å²) in [6, 6.07) is 4.82. The lowest BCUT2D eigenvalue weighted by Crippen LogP contribution is -2.42. The van der Waals surface area contributed by atoms with Gasteiger partial charge in [-0.25, -0.2) is 8.42 Å². The predicted octanol–water partition coefficient (Wildman–Crippen LogP) is 1.91. The fourth-order valence-electron chi connectivity index (χ4n) is 2.25. The van der Waals surface area contributed by atoms with E-state index in [1.54, 1.807) is 25.2 Å². The lowest BCUT2D eigenvalue weighted by Gasteiger charge is -2.35. The van der Waals surface area contributed by atoms with Gasteiger partial charge in [0.2, 0.25) is 0 Å². The molecule has 1 heterocycles. The molecular formula is C12H14BrNO4S. The highest BCUT2D eigenvalue weighted by Crippen LogP contribution is 2.35. The van der Waals surface area contributed by atoms with Crippen LogP contribution in [0.3, 0.4) is 0 Å². The average molecular weight is 348 g/mol. The van der Waals surface area contributed by atoms with Gasteiger partial charge in [-0.15, -0.1) is 0 Å². The minimum absolute atomic E-state index is 0.0314. The molecule has 0 amide bonds. The number of benzene rings is 1. The zero-order valence-corrected chi connectivity index (χ0v) is 12.7. The molecule has 1 aromatic carbocycles. The summed E-state index contributed by atoms with van der Waals surface area (Å²) in [5.74, 6) is -0.951. The molecule has 5 nitrogen and oxygen atoms in total. The molecule has 104 valence electrons. The van der Waals surface area contributed by atoms with E-state index in [0.717, 1.165) is 0 Å². The standard InChI is InChI=1S/C12H14BrNO4S/c1-14-9(3-5-12(15)16)7-19(17,18)11-6-8(13)2-4-10(11)14/h2,4,6,9H,3,5,7H2,1H3,(H,15,16). The zero-order valence-electron chi connectivity index (χ0n) is 10.3. The van der Waals surface area contributed by atoms with Crippen LogP contribution in [0.15, 0.2) is 27.6 Å². The van der Waals surface area contributed by atoms with Crippen LogP contribution in [-0.4, -0.2) is 38.3 Å². The van der Waals surface area contributed by atoms with Crippen LogP contribution in [0.4, 0.5) is 5.69 Å². The number of anilines is 1. The minimum Gasteiger partial charge on any atom is -0.481 e. The van der Waals surface area contributed by atoms with Gasteiger partial charge < -0.3 is 10.0 Å². The number of hydrogen-bond acceptors (Lipinski definition) is 4. The average Bonchev–Trinajstić information content (AvgIpc) is 2.32. The Morgan fingerprint density at radius 3 is 2.84 bits per heavy atom. The van der Waals surface area contributed by atoms with Crippen molar-refractivity contribution in [2.24, 2.45) is 0 Å². The highest BCUT2D eigenvalue weighted by Gasteiger charge is 2.33.